The second-order valence-electron chi connectivity index (χ2n) is 5.83. The maximum Gasteiger partial charge on any atom is 0.372 e. The summed E-state index contributed by atoms with van der Waals surface area (Å²) in [5.74, 6) is 0.812. The second kappa shape index (κ2) is 8.71. The van der Waals surface area contributed by atoms with Gasteiger partial charge in [-0.05, 0) is 40.6 Å². The normalized spacial score (nSPS) is 11.2. The van der Waals surface area contributed by atoms with E-state index >= 15 is 0 Å². The molecule has 0 atom stereocenters. The molecule has 0 heterocycles. The predicted octanol–water partition coefficient (Wildman–Crippen LogP) is 3.29. The maximum absolute atomic E-state index is 11.8. The van der Waals surface area contributed by atoms with E-state index in [-0.39, 0.29) is 12.4 Å². The molecule has 0 radical (unpaired) electrons. The number of oxime groups is 1. The number of benzene rings is 3. The average molecular weight is 364 g/mol. The quantitative estimate of drug-likeness (QED) is 0.301. The van der Waals surface area contributed by atoms with Crippen LogP contribution in [0.25, 0.3) is 10.8 Å². The van der Waals surface area contributed by atoms with Crippen LogP contribution < -0.4 is 15.2 Å². The number of hydrogen-bond acceptors (Lipinski definition) is 5. The highest BCUT2D eigenvalue weighted by atomic mass is 16.7. The lowest BCUT2D eigenvalue weighted by atomic mass is 10.0. The molecule has 0 fully saturated rings. The van der Waals surface area contributed by atoms with Gasteiger partial charge in [-0.2, -0.15) is 0 Å². The Labute approximate surface area is 157 Å². The van der Waals surface area contributed by atoms with Crippen molar-refractivity contribution in [3.8, 4) is 11.5 Å². The van der Waals surface area contributed by atoms with Crippen molar-refractivity contribution < 1.29 is 19.1 Å². The van der Waals surface area contributed by atoms with Gasteiger partial charge in [0.2, 0.25) is 0 Å². The molecular weight excluding hydrogens is 344 g/mol. The fourth-order valence-electron chi connectivity index (χ4n) is 2.62. The molecule has 27 heavy (non-hydrogen) atoms. The molecule has 0 spiro atoms. The Bertz CT molecular complexity index is 947. The van der Waals surface area contributed by atoms with E-state index in [0.29, 0.717) is 17.9 Å². The van der Waals surface area contributed by atoms with Gasteiger partial charge < -0.3 is 20.0 Å². The van der Waals surface area contributed by atoms with Gasteiger partial charge in [0.25, 0.3) is 0 Å². The van der Waals surface area contributed by atoms with Crippen LogP contribution in [0, 0.1) is 0 Å². The number of carbonyl (C=O) groups is 1. The van der Waals surface area contributed by atoms with Crippen LogP contribution in [0.3, 0.4) is 0 Å². The SMILES string of the molecule is COc1ccc(OCC(=O)O/N=C(\N)Cc2cccc3ccccc23)cc1. The summed E-state index contributed by atoms with van der Waals surface area (Å²) in [7, 11) is 1.58. The maximum atomic E-state index is 11.8. The summed E-state index contributed by atoms with van der Waals surface area (Å²) in [5.41, 5.74) is 6.92. The van der Waals surface area contributed by atoms with Crippen LogP contribution in [0.4, 0.5) is 0 Å². The standard InChI is InChI=1S/C21H20N2O4/c1-25-17-9-11-18(12-10-17)26-14-21(24)27-23-20(22)13-16-7-4-6-15-5-2-3-8-19(15)16/h2-12H,13-14H2,1H3,(H2,22,23). The van der Waals surface area contributed by atoms with Crippen molar-refractivity contribution in [2.75, 3.05) is 13.7 Å². The van der Waals surface area contributed by atoms with Crippen LogP contribution in [0.5, 0.6) is 11.5 Å². The summed E-state index contributed by atoms with van der Waals surface area (Å²) < 4.78 is 10.4. The zero-order chi connectivity index (χ0) is 19.1. The van der Waals surface area contributed by atoms with E-state index in [1.54, 1.807) is 31.4 Å². The van der Waals surface area contributed by atoms with Crippen molar-refractivity contribution in [3.05, 3.63) is 72.3 Å². The van der Waals surface area contributed by atoms with Gasteiger partial charge in [0.05, 0.1) is 7.11 Å². The van der Waals surface area contributed by atoms with Crippen LogP contribution in [0.15, 0.2) is 71.9 Å². The Balaban J connectivity index is 1.54. The number of rotatable bonds is 7. The van der Waals surface area contributed by atoms with Gasteiger partial charge in [-0.15, -0.1) is 0 Å². The van der Waals surface area contributed by atoms with Crippen LogP contribution in [0.1, 0.15) is 5.56 Å². The predicted molar refractivity (Wildman–Crippen MR) is 104 cm³/mol. The molecule has 0 aliphatic carbocycles. The van der Waals surface area contributed by atoms with E-state index < -0.39 is 5.97 Å². The third-order valence-electron chi connectivity index (χ3n) is 3.93. The van der Waals surface area contributed by atoms with Gasteiger partial charge in [-0.1, -0.05) is 47.6 Å². The third-order valence-corrected chi connectivity index (χ3v) is 3.93. The minimum absolute atomic E-state index is 0.212. The van der Waals surface area contributed by atoms with Gasteiger partial charge in [0, 0.05) is 6.42 Å². The summed E-state index contributed by atoms with van der Waals surface area (Å²) in [4.78, 5) is 16.6. The van der Waals surface area contributed by atoms with E-state index in [1.165, 1.54) is 0 Å². The molecular formula is C21H20N2O4. The molecule has 3 aromatic rings. The van der Waals surface area contributed by atoms with Crippen LogP contribution in [-0.2, 0) is 16.1 Å². The Morgan fingerprint density at radius 3 is 2.44 bits per heavy atom. The molecule has 0 aliphatic heterocycles. The smallest absolute Gasteiger partial charge is 0.372 e. The minimum atomic E-state index is -0.633. The fourth-order valence-corrected chi connectivity index (χ4v) is 2.62. The van der Waals surface area contributed by atoms with E-state index in [0.717, 1.165) is 16.3 Å². The van der Waals surface area contributed by atoms with Crippen molar-refractivity contribution in [3.63, 3.8) is 0 Å². The molecule has 0 unspecified atom stereocenters. The lowest BCUT2D eigenvalue weighted by Crippen LogP contribution is -2.19. The number of nitrogens with two attached hydrogens (primary N) is 1. The number of methoxy groups -OCH3 is 1. The summed E-state index contributed by atoms with van der Waals surface area (Å²) in [6.45, 7) is -0.266. The molecule has 0 aliphatic rings. The van der Waals surface area contributed by atoms with Crippen molar-refractivity contribution in [1.82, 2.24) is 0 Å². The summed E-state index contributed by atoms with van der Waals surface area (Å²) in [6.07, 6.45) is 0.383. The van der Waals surface area contributed by atoms with E-state index in [1.807, 2.05) is 42.5 Å². The number of amidine groups is 1. The topological polar surface area (TPSA) is 83.1 Å². The molecule has 138 valence electrons. The first-order chi connectivity index (χ1) is 13.2. The van der Waals surface area contributed by atoms with Gasteiger partial charge in [0.1, 0.15) is 17.3 Å². The van der Waals surface area contributed by atoms with Gasteiger partial charge in [-0.25, -0.2) is 4.79 Å². The molecule has 6 heteroatoms. The number of carbonyl (C=O) groups excluding carboxylic acids is 1. The van der Waals surface area contributed by atoms with E-state index in [9.17, 15) is 4.79 Å². The summed E-state index contributed by atoms with van der Waals surface area (Å²) >= 11 is 0. The minimum Gasteiger partial charge on any atom is -0.497 e. The first-order valence-electron chi connectivity index (χ1n) is 8.41. The lowest BCUT2D eigenvalue weighted by molar-refractivity contribution is -0.146. The zero-order valence-electron chi connectivity index (χ0n) is 14.9. The highest BCUT2D eigenvalue weighted by Crippen LogP contribution is 2.19. The molecule has 0 aromatic heterocycles. The van der Waals surface area contributed by atoms with Crippen molar-refractivity contribution in [1.29, 1.82) is 0 Å². The molecule has 3 aromatic carbocycles. The van der Waals surface area contributed by atoms with Gasteiger partial charge in [0.15, 0.2) is 6.61 Å². The Morgan fingerprint density at radius 2 is 1.67 bits per heavy atom. The molecule has 2 N–H and O–H groups in total. The Kier molecular flexibility index (Phi) is 5.89. The second-order valence-corrected chi connectivity index (χ2v) is 5.83. The van der Waals surface area contributed by atoms with E-state index in [2.05, 4.69) is 5.16 Å². The van der Waals surface area contributed by atoms with Crippen LogP contribution in [-0.4, -0.2) is 25.5 Å². The fraction of sp³-hybridized carbons (Fsp3) is 0.143. The Hall–Kier alpha value is -3.54. The lowest BCUT2D eigenvalue weighted by Gasteiger charge is -2.07. The largest absolute Gasteiger partial charge is 0.497 e. The van der Waals surface area contributed by atoms with Crippen LogP contribution in [0.2, 0.25) is 0 Å². The number of nitrogens with zero attached hydrogens (tertiary/aromatic N) is 1. The van der Waals surface area contributed by atoms with Crippen molar-refractivity contribution >= 4 is 22.6 Å². The summed E-state index contributed by atoms with van der Waals surface area (Å²) in [6, 6.07) is 20.8. The molecule has 0 bridgehead atoms. The average Bonchev–Trinajstić information content (AvgIpc) is 2.71. The first kappa shape index (κ1) is 18.3. The Morgan fingerprint density at radius 1 is 0.963 bits per heavy atom. The third kappa shape index (κ3) is 4.98. The van der Waals surface area contributed by atoms with Gasteiger partial charge >= 0.3 is 5.97 Å². The monoisotopic (exact) mass is 364 g/mol. The molecule has 6 nitrogen and oxygen atoms in total. The van der Waals surface area contributed by atoms with E-state index in [4.69, 9.17) is 20.0 Å². The van der Waals surface area contributed by atoms with Gasteiger partial charge in [-0.3, -0.25) is 0 Å². The summed E-state index contributed by atoms with van der Waals surface area (Å²) in [5, 5.41) is 5.92. The van der Waals surface area contributed by atoms with Crippen molar-refractivity contribution in [2.45, 2.75) is 6.42 Å². The highest BCUT2D eigenvalue weighted by Gasteiger charge is 2.07. The van der Waals surface area contributed by atoms with Crippen LogP contribution >= 0.6 is 0 Å². The number of fused-ring (bicyclic) bond motifs is 1. The zero-order valence-corrected chi connectivity index (χ0v) is 14.9. The first-order valence-corrected chi connectivity index (χ1v) is 8.41. The molecule has 0 amide bonds. The number of ether oxygens (including phenoxy) is 2. The highest BCUT2D eigenvalue weighted by molar-refractivity contribution is 5.91. The molecule has 0 saturated carbocycles. The molecule has 3 rings (SSSR count). The number of hydrogen-bond donors (Lipinski definition) is 1. The molecule has 0 saturated heterocycles. The van der Waals surface area contributed by atoms with Crippen molar-refractivity contribution in [2.24, 2.45) is 10.9 Å².